The molecular weight excluding hydrogens is 158 g/mol. The van der Waals surface area contributed by atoms with E-state index in [0.717, 1.165) is 6.42 Å². The summed E-state index contributed by atoms with van der Waals surface area (Å²) in [6.07, 6.45) is 2.17. The van der Waals surface area contributed by atoms with Gasteiger partial charge in [-0.15, -0.1) is 0 Å². The van der Waals surface area contributed by atoms with Gasteiger partial charge in [0.15, 0.2) is 0 Å². The van der Waals surface area contributed by atoms with Crippen LogP contribution in [0.2, 0.25) is 0 Å². The number of hydrogen-bond donors (Lipinski definition) is 1. The van der Waals surface area contributed by atoms with E-state index in [1.165, 1.54) is 6.08 Å². The van der Waals surface area contributed by atoms with Gasteiger partial charge in [0.25, 0.3) is 0 Å². The number of carbonyl (C=O) groups is 1. The van der Waals surface area contributed by atoms with Crippen LogP contribution in [0.5, 0.6) is 0 Å². The standard InChI is InChI=1S/C8H13NO3/c1-2-8(10)9-5-7-3-4-11-6-12-7/h2,7H,1,3-6H2,(H,9,10)/t7-/m1/s1. The minimum Gasteiger partial charge on any atom is -0.355 e. The predicted octanol–water partition coefficient (Wildman–Crippen LogP) is 0.0516. The summed E-state index contributed by atoms with van der Waals surface area (Å²) in [6, 6.07) is 0. The van der Waals surface area contributed by atoms with Crippen molar-refractivity contribution >= 4 is 5.91 Å². The lowest BCUT2D eigenvalue weighted by molar-refractivity contribution is -0.139. The average molecular weight is 171 g/mol. The number of ether oxygens (including phenoxy) is 2. The molecule has 4 nitrogen and oxygen atoms in total. The maximum Gasteiger partial charge on any atom is 0.243 e. The Hall–Kier alpha value is -0.870. The molecule has 0 aromatic carbocycles. The summed E-state index contributed by atoms with van der Waals surface area (Å²) >= 11 is 0. The average Bonchev–Trinajstić information content (AvgIpc) is 2.16. The van der Waals surface area contributed by atoms with Crippen LogP contribution >= 0.6 is 0 Å². The van der Waals surface area contributed by atoms with Gasteiger partial charge in [0.1, 0.15) is 6.79 Å². The second-order valence-corrected chi connectivity index (χ2v) is 2.55. The van der Waals surface area contributed by atoms with Crippen molar-refractivity contribution in [2.24, 2.45) is 0 Å². The van der Waals surface area contributed by atoms with Gasteiger partial charge in [0.05, 0.1) is 12.7 Å². The van der Waals surface area contributed by atoms with Gasteiger partial charge in [-0.2, -0.15) is 0 Å². The Labute approximate surface area is 71.5 Å². The van der Waals surface area contributed by atoms with Crippen molar-refractivity contribution in [1.29, 1.82) is 0 Å². The molecule has 0 aromatic rings. The largest absolute Gasteiger partial charge is 0.355 e. The van der Waals surface area contributed by atoms with Crippen LogP contribution in [0.1, 0.15) is 6.42 Å². The Bertz CT molecular complexity index is 164. The first kappa shape index (κ1) is 9.22. The van der Waals surface area contributed by atoms with Crippen molar-refractivity contribution in [3.63, 3.8) is 0 Å². The van der Waals surface area contributed by atoms with Crippen LogP contribution in [0, 0.1) is 0 Å². The monoisotopic (exact) mass is 171 g/mol. The van der Waals surface area contributed by atoms with E-state index in [1.54, 1.807) is 0 Å². The highest BCUT2D eigenvalue weighted by Gasteiger charge is 2.13. The fourth-order valence-electron chi connectivity index (χ4n) is 0.949. The zero-order chi connectivity index (χ0) is 8.81. The van der Waals surface area contributed by atoms with Gasteiger partial charge in [-0.05, 0) is 12.5 Å². The fourth-order valence-corrected chi connectivity index (χ4v) is 0.949. The van der Waals surface area contributed by atoms with Crippen LogP contribution < -0.4 is 5.32 Å². The molecule has 68 valence electrons. The lowest BCUT2D eigenvalue weighted by Gasteiger charge is -2.22. The SMILES string of the molecule is C=CC(=O)NC[C@H]1CCOCO1. The third kappa shape index (κ3) is 3.02. The van der Waals surface area contributed by atoms with Crippen LogP contribution in [0.3, 0.4) is 0 Å². The highest BCUT2D eigenvalue weighted by Crippen LogP contribution is 2.04. The van der Waals surface area contributed by atoms with Crippen LogP contribution in [-0.2, 0) is 14.3 Å². The Morgan fingerprint density at radius 3 is 3.17 bits per heavy atom. The molecule has 4 heteroatoms. The lowest BCUT2D eigenvalue weighted by Crippen LogP contribution is -2.36. The molecule has 1 heterocycles. The Kier molecular flexibility index (Phi) is 3.76. The number of carbonyl (C=O) groups excluding carboxylic acids is 1. The summed E-state index contributed by atoms with van der Waals surface area (Å²) in [6.45, 7) is 4.91. The van der Waals surface area contributed by atoms with Crippen LogP contribution in [0.15, 0.2) is 12.7 Å². The highest BCUT2D eigenvalue weighted by atomic mass is 16.7. The predicted molar refractivity (Wildman–Crippen MR) is 43.5 cm³/mol. The summed E-state index contributed by atoms with van der Waals surface area (Å²) in [5.74, 6) is -0.162. The lowest BCUT2D eigenvalue weighted by atomic mass is 10.2. The molecule has 1 rings (SSSR count). The van der Waals surface area contributed by atoms with Crippen LogP contribution in [0.4, 0.5) is 0 Å². The maximum atomic E-state index is 10.7. The third-order valence-electron chi connectivity index (χ3n) is 1.66. The first-order valence-electron chi connectivity index (χ1n) is 3.92. The molecule has 1 N–H and O–H groups in total. The Morgan fingerprint density at radius 2 is 2.58 bits per heavy atom. The van der Waals surface area contributed by atoms with Gasteiger partial charge in [-0.3, -0.25) is 4.79 Å². The summed E-state index contributed by atoms with van der Waals surface area (Å²) in [5.41, 5.74) is 0. The molecule has 1 amide bonds. The van der Waals surface area contributed by atoms with Crippen molar-refractivity contribution in [2.45, 2.75) is 12.5 Å². The smallest absolute Gasteiger partial charge is 0.243 e. The van der Waals surface area contributed by atoms with E-state index in [-0.39, 0.29) is 12.0 Å². The molecule has 0 bridgehead atoms. The van der Waals surface area contributed by atoms with Crippen molar-refractivity contribution in [1.82, 2.24) is 5.32 Å². The van der Waals surface area contributed by atoms with E-state index >= 15 is 0 Å². The molecular formula is C8H13NO3. The third-order valence-corrected chi connectivity index (χ3v) is 1.66. The zero-order valence-corrected chi connectivity index (χ0v) is 6.91. The second-order valence-electron chi connectivity index (χ2n) is 2.55. The van der Waals surface area contributed by atoms with Gasteiger partial charge < -0.3 is 14.8 Å². The van der Waals surface area contributed by atoms with E-state index in [4.69, 9.17) is 9.47 Å². The molecule has 1 aliphatic heterocycles. The van der Waals surface area contributed by atoms with E-state index in [9.17, 15) is 4.79 Å². The first-order valence-corrected chi connectivity index (χ1v) is 3.92. The molecule has 12 heavy (non-hydrogen) atoms. The number of amides is 1. The van der Waals surface area contributed by atoms with Gasteiger partial charge in [-0.25, -0.2) is 0 Å². The molecule has 0 aliphatic carbocycles. The van der Waals surface area contributed by atoms with E-state index in [2.05, 4.69) is 11.9 Å². The summed E-state index contributed by atoms with van der Waals surface area (Å²) in [7, 11) is 0. The fraction of sp³-hybridized carbons (Fsp3) is 0.625. The number of hydrogen-bond acceptors (Lipinski definition) is 3. The minimum atomic E-state index is -0.162. The topological polar surface area (TPSA) is 47.6 Å². The van der Waals surface area contributed by atoms with E-state index < -0.39 is 0 Å². The van der Waals surface area contributed by atoms with Gasteiger partial charge in [-0.1, -0.05) is 6.58 Å². The highest BCUT2D eigenvalue weighted by molar-refractivity contribution is 5.86. The van der Waals surface area contributed by atoms with Crippen molar-refractivity contribution in [2.75, 3.05) is 19.9 Å². The van der Waals surface area contributed by atoms with E-state index in [0.29, 0.717) is 19.9 Å². The molecule has 1 atom stereocenters. The molecule has 0 spiro atoms. The van der Waals surface area contributed by atoms with Crippen LogP contribution in [0.25, 0.3) is 0 Å². The normalized spacial score (nSPS) is 23.2. The summed E-state index contributed by atoms with van der Waals surface area (Å²) in [4.78, 5) is 10.7. The van der Waals surface area contributed by atoms with Gasteiger partial charge >= 0.3 is 0 Å². The summed E-state index contributed by atoms with van der Waals surface area (Å²) in [5, 5.41) is 2.66. The molecule has 1 fully saturated rings. The molecule has 0 aromatic heterocycles. The first-order chi connectivity index (χ1) is 5.83. The zero-order valence-electron chi connectivity index (χ0n) is 6.91. The quantitative estimate of drug-likeness (QED) is 0.610. The van der Waals surface area contributed by atoms with Crippen molar-refractivity contribution in [3.8, 4) is 0 Å². The molecule has 1 aliphatic rings. The Morgan fingerprint density at radius 1 is 1.75 bits per heavy atom. The number of rotatable bonds is 3. The summed E-state index contributed by atoms with van der Waals surface area (Å²) < 4.78 is 10.2. The minimum absolute atomic E-state index is 0.0858. The molecule has 0 unspecified atom stereocenters. The van der Waals surface area contributed by atoms with Crippen LogP contribution in [-0.4, -0.2) is 32.0 Å². The molecule has 0 radical (unpaired) electrons. The molecule has 1 saturated heterocycles. The number of nitrogens with one attached hydrogen (secondary N) is 1. The van der Waals surface area contributed by atoms with E-state index in [1.807, 2.05) is 0 Å². The second kappa shape index (κ2) is 4.90. The van der Waals surface area contributed by atoms with Gasteiger partial charge in [0.2, 0.25) is 5.91 Å². The van der Waals surface area contributed by atoms with Crippen molar-refractivity contribution in [3.05, 3.63) is 12.7 Å². The maximum absolute atomic E-state index is 10.7. The van der Waals surface area contributed by atoms with Crippen molar-refractivity contribution < 1.29 is 14.3 Å². The molecule has 0 saturated carbocycles. The Balaban J connectivity index is 2.12. The van der Waals surface area contributed by atoms with Gasteiger partial charge in [0, 0.05) is 6.54 Å².